The summed E-state index contributed by atoms with van der Waals surface area (Å²) in [5.41, 5.74) is 11.4. The van der Waals surface area contributed by atoms with E-state index in [-0.39, 0.29) is 5.54 Å². The first-order valence-electron chi connectivity index (χ1n) is 16.7. The van der Waals surface area contributed by atoms with Gasteiger partial charge in [0.2, 0.25) is 0 Å². The molecule has 6 aromatic carbocycles. The van der Waals surface area contributed by atoms with Crippen molar-refractivity contribution in [3.63, 3.8) is 0 Å². The van der Waals surface area contributed by atoms with Gasteiger partial charge in [0.1, 0.15) is 5.58 Å². The fourth-order valence-corrected chi connectivity index (χ4v) is 8.98. The van der Waals surface area contributed by atoms with E-state index < -0.39 is 0 Å². The molecule has 47 heavy (non-hydrogen) atoms. The second-order valence-electron chi connectivity index (χ2n) is 13.6. The van der Waals surface area contributed by atoms with Gasteiger partial charge in [-0.3, -0.25) is 0 Å². The van der Waals surface area contributed by atoms with Crippen LogP contribution in [0.4, 0.5) is 11.4 Å². The maximum Gasteiger partial charge on any atom is 0.159 e. The fraction of sp³-hybridized carbons (Fsp3) is 0.136. The number of hydrogen-bond donors (Lipinski definition) is 0. The van der Waals surface area contributed by atoms with Crippen molar-refractivity contribution in [2.45, 2.75) is 31.7 Å². The van der Waals surface area contributed by atoms with E-state index in [1.165, 1.54) is 38.7 Å². The van der Waals surface area contributed by atoms with E-state index in [0.29, 0.717) is 11.8 Å². The Bertz CT molecular complexity index is 2550. The standard InChI is InChI=1S/C44H34N2O/c1-28-13-12-26-44(2)41(28)35-17-7-9-22-39(35)46(44)40-23-11-20-34-33-19-10-18-31(42(33)47-43(34)40)29-24-25-38-36(27-29)32-16-6-8-21-37(32)45(38)30-14-4-3-5-15-30/h3-12,14-28,41H,13H2,1-2H3. The molecule has 2 aromatic heterocycles. The average Bonchev–Trinajstić information content (AvgIpc) is 3.74. The molecule has 1 aliphatic heterocycles. The molecule has 1 aliphatic carbocycles. The van der Waals surface area contributed by atoms with E-state index in [1.54, 1.807) is 0 Å². The highest BCUT2D eigenvalue weighted by molar-refractivity contribution is 6.15. The zero-order valence-electron chi connectivity index (χ0n) is 26.5. The van der Waals surface area contributed by atoms with Gasteiger partial charge in [-0.2, -0.15) is 0 Å². The smallest absolute Gasteiger partial charge is 0.159 e. The predicted molar refractivity (Wildman–Crippen MR) is 196 cm³/mol. The Morgan fingerprint density at radius 2 is 1.34 bits per heavy atom. The summed E-state index contributed by atoms with van der Waals surface area (Å²) < 4.78 is 9.42. The monoisotopic (exact) mass is 606 g/mol. The minimum absolute atomic E-state index is 0.171. The number of para-hydroxylation sites is 5. The van der Waals surface area contributed by atoms with Crippen LogP contribution in [-0.2, 0) is 0 Å². The first-order chi connectivity index (χ1) is 23.1. The van der Waals surface area contributed by atoms with Crippen LogP contribution in [0.3, 0.4) is 0 Å². The van der Waals surface area contributed by atoms with Crippen LogP contribution >= 0.6 is 0 Å². The van der Waals surface area contributed by atoms with Crippen LogP contribution < -0.4 is 4.90 Å². The highest BCUT2D eigenvalue weighted by Gasteiger charge is 2.51. The number of rotatable bonds is 3. The summed E-state index contributed by atoms with van der Waals surface area (Å²) in [7, 11) is 0. The lowest BCUT2D eigenvalue weighted by molar-refractivity contribution is 0.346. The highest BCUT2D eigenvalue weighted by Crippen LogP contribution is 2.58. The Labute approximate surface area is 274 Å². The molecule has 3 unspecified atom stereocenters. The van der Waals surface area contributed by atoms with Crippen molar-refractivity contribution in [2.24, 2.45) is 5.92 Å². The Balaban J connectivity index is 1.19. The minimum atomic E-state index is -0.171. The average molecular weight is 607 g/mol. The molecule has 0 saturated heterocycles. The molecule has 3 nitrogen and oxygen atoms in total. The van der Waals surface area contributed by atoms with Gasteiger partial charge < -0.3 is 13.9 Å². The van der Waals surface area contributed by atoms with Crippen LogP contribution in [0.5, 0.6) is 0 Å². The largest absolute Gasteiger partial charge is 0.453 e. The highest BCUT2D eigenvalue weighted by atomic mass is 16.3. The normalized spacial score (nSPS) is 20.4. The summed E-state index contributed by atoms with van der Waals surface area (Å²) in [6.07, 6.45) is 5.92. The van der Waals surface area contributed by atoms with Gasteiger partial charge in [0, 0.05) is 44.4 Å². The van der Waals surface area contributed by atoms with Crippen molar-refractivity contribution in [1.82, 2.24) is 4.57 Å². The minimum Gasteiger partial charge on any atom is -0.453 e. The van der Waals surface area contributed by atoms with Crippen molar-refractivity contribution >= 4 is 55.1 Å². The lowest BCUT2D eigenvalue weighted by Gasteiger charge is -2.43. The Morgan fingerprint density at radius 1 is 0.638 bits per heavy atom. The molecule has 2 aliphatic rings. The summed E-state index contributed by atoms with van der Waals surface area (Å²) in [4.78, 5) is 2.55. The van der Waals surface area contributed by atoms with Gasteiger partial charge in [-0.15, -0.1) is 0 Å². The molecular weight excluding hydrogens is 572 g/mol. The van der Waals surface area contributed by atoms with Gasteiger partial charge in [0.15, 0.2) is 5.58 Å². The lowest BCUT2D eigenvalue weighted by atomic mass is 9.71. The van der Waals surface area contributed by atoms with Crippen molar-refractivity contribution in [1.29, 1.82) is 0 Å². The molecule has 0 saturated carbocycles. The predicted octanol–water partition coefficient (Wildman–Crippen LogP) is 11.9. The van der Waals surface area contributed by atoms with E-state index in [1.807, 2.05) is 0 Å². The van der Waals surface area contributed by atoms with Crippen molar-refractivity contribution in [2.75, 3.05) is 4.90 Å². The number of fused-ring (bicyclic) bond motifs is 9. The summed E-state index contributed by atoms with van der Waals surface area (Å²) >= 11 is 0. The molecule has 0 radical (unpaired) electrons. The summed E-state index contributed by atoms with van der Waals surface area (Å²) in [5, 5.41) is 4.78. The first kappa shape index (κ1) is 26.7. The maximum atomic E-state index is 7.05. The van der Waals surface area contributed by atoms with Crippen molar-refractivity contribution < 1.29 is 4.42 Å². The molecule has 226 valence electrons. The number of nitrogens with zero attached hydrogens (tertiary/aromatic N) is 2. The quantitative estimate of drug-likeness (QED) is 0.187. The van der Waals surface area contributed by atoms with Gasteiger partial charge in [-0.25, -0.2) is 0 Å². The van der Waals surface area contributed by atoms with Crippen LogP contribution in [0.25, 0.3) is 60.6 Å². The molecular formula is C44H34N2O. The van der Waals surface area contributed by atoms with Crippen molar-refractivity contribution in [3.8, 4) is 16.8 Å². The number of hydrogen-bond acceptors (Lipinski definition) is 2. The molecule has 3 heteroatoms. The van der Waals surface area contributed by atoms with E-state index in [2.05, 4.69) is 169 Å². The van der Waals surface area contributed by atoms with Gasteiger partial charge in [0.25, 0.3) is 0 Å². The Kier molecular flexibility index (Phi) is 5.52. The molecule has 3 heterocycles. The summed E-state index contributed by atoms with van der Waals surface area (Å²) in [6.45, 7) is 4.80. The second kappa shape index (κ2) is 9.73. The number of furan rings is 1. The fourth-order valence-electron chi connectivity index (χ4n) is 8.98. The van der Waals surface area contributed by atoms with Gasteiger partial charge in [-0.05, 0) is 72.9 Å². The molecule has 0 spiro atoms. The maximum absolute atomic E-state index is 7.05. The lowest BCUT2D eigenvalue weighted by Crippen LogP contribution is -2.45. The second-order valence-corrected chi connectivity index (χ2v) is 13.6. The molecule has 0 fully saturated rings. The topological polar surface area (TPSA) is 21.3 Å². The van der Waals surface area contributed by atoms with E-state index in [0.717, 1.165) is 45.2 Å². The van der Waals surface area contributed by atoms with Crippen molar-refractivity contribution in [3.05, 3.63) is 151 Å². The first-order valence-corrected chi connectivity index (χ1v) is 16.7. The van der Waals surface area contributed by atoms with Gasteiger partial charge in [-0.1, -0.05) is 110 Å². The summed E-state index contributed by atoms with van der Waals surface area (Å²) in [5.74, 6) is 0.976. The van der Waals surface area contributed by atoms with Crippen LogP contribution in [-0.4, -0.2) is 10.1 Å². The third-order valence-electron chi connectivity index (χ3n) is 10.9. The van der Waals surface area contributed by atoms with Crippen LogP contribution in [0, 0.1) is 5.92 Å². The Morgan fingerprint density at radius 3 is 2.23 bits per heavy atom. The Hall–Kier alpha value is -5.54. The zero-order valence-corrected chi connectivity index (χ0v) is 26.5. The molecule has 10 rings (SSSR count). The zero-order chi connectivity index (χ0) is 31.3. The third-order valence-corrected chi connectivity index (χ3v) is 10.9. The number of anilines is 2. The SMILES string of the molecule is CC1CC=CC2(C)C1c1ccccc1N2c1cccc2c1oc1c(-c3ccc4c(c3)c3ccccc3n4-c3ccccc3)cccc12. The van der Waals surface area contributed by atoms with E-state index >= 15 is 0 Å². The van der Waals surface area contributed by atoms with Gasteiger partial charge in [0.05, 0.1) is 22.3 Å². The number of aromatic nitrogens is 1. The van der Waals surface area contributed by atoms with E-state index in [4.69, 9.17) is 4.42 Å². The molecule has 0 bridgehead atoms. The van der Waals surface area contributed by atoms with Gasteiger partial charge >= 0.3 is 0 Å². The number of benzene rings is 6. The molecule has 3 atom stereocenters. The van der Waals surface area contributed by atoms with Crippen LogP contribution in [0.2, 0.25) is 0 Å². The van der Waals surface area contributed by atoms with E-state index in [9.17, 15) is 0 Å². The molecule has 8 aromatic rings. The summed E-state index contributed by atoms with van der Waals surface area (Å²) in [6, 6.07) is 48.4. The number of allylic oxidation sites excluding steroid dienone is 1. The van der Waals surface area contributed by atoms with Crippen LogP contribution in [0.1, 0.15) is 31.7 Å². The molecule has 0 amide bonds. The van der Waals surface area contributed by atoms with Crippen LogP contribution in [0.15, 0.2) is 150 Å². The molecule has 0 N–H and O–H groups in total. The third kappa shape index (κ3) is 3.63.